The molecular formula is C8H15NO3. The Bertz CT molecular complexity index is 164. The first-order chi connectivity index (χ1) is 5.58. The molecule has 1 aliphatic rings. The summed E-state index contributed by atoms with van der Waals surface area (Å²) in [5.41, 5.74) is 0. The highest BCUT2D eigenvalue weighted by Crippen LogP contribution is 2.12. The maximum Gasteiger partial charge on any atom is 0.317 e. The van der Waals surface area contributed by atoms with Gasteiger partial charge in [0, 0.05) is 13.1 Å². The second-order valence-corrected chi connectivity index (χ2v) is 3.39. The van der Waals surface area contributed by atoms with Crippen molar-refractivity contribution in [1.82, 2.24) is 4.90 Å². The fourth-order valence-corrected chi connectivity index (χ4v) is 1.31. The molecule has 0 bridgehead atoms. The van der Waals surface area contributed by atoms with E-state index in [4.69, 9.17) is 9.84 Å². The van der Waals surface area contributed by atoms with E-state index < -0.39 is 5.97 Å². The van der Waals surface area contributed by atoms with Gasteiger partial charge in [-0.25, -0.2) is 0 Å². The zero-order valence-corrected chi connectivity index (χ0v) is 7.49. The molecule has 0 aliphatic carbocycles. The molecule has 1 heterocycles. The number of aliphatic carboxylic acids is 1. The van der Waals surface area contributed by atoms with Gasteiger partial charge in [-0.2, -0.15) is 0 Å². The minimum atomic E-state index is -0.766. The standard InChI is InChI=1S/C8H15NO3/c1-6(2)12-7-3-9(4-7)5-8(10)11/h6-7H,3-5H2,1-2H3,(H,10,11). The normalized spacial score (nSPS) is 19.6. The van der Waals surface area contributed by atoms with Gasteiger partial charge in [-0.05, 0) is 13.8 Å². The topological polar surface area (TPSA) is 49.8 Å². The van der Waals surface area contributed by atoms with Crippen LogP contribution in [-0.4, -0.2) is 47.8 Å². The van der Waals surface area contributed by atoms with Crippen LogP contribution >= 0.6 is 0 Å². The SMILES string of the molecule is CC(C)OC1CN(CC(=O)O)C1. The fourth-order valence-electron chi connectivity index (χ4n) is 1.31. The summed E-state index contributed by atoms with van der Waals surface area (Å²) in [4.78, 5) is 12.1. The van der Waals surface area contributed by atoms with Crippen LogP contribution in [0.2, 0.25) is 0 Å². The van der Waals surface area contributed by atoms with Crippen molar-refractivity contribution in [3.63, 3.8) is 0 Å². The Kier molecular flexibility index (Phi) is 3.05. The van der Waals surface area contributed by atoms with Crippen LogP contribution in [0.25, 0.3) is 0 Å². The van der Waals surface area contributed by atoms with E-state index in [1.807, 2.05) is 18.7 Å². The molecule has 0 unspecified atom stereocenters. The molecule has 1 aliphatic heterocycles. The fraction of sp³-hybridized carbons (Fsp3) is 0.875. The highest BCUT2D eigenvalue weighted by atomic mass is 16.5. The Morgan fingerprint density at radius 2 is 2.25 bits per heavy atom. The van der Waals surface area contributed by atoms with Crippen molar-refractivity contribution in [3.8, 4) is 0 Å². The number of nitrogens with zero attached hydrogens (tertiary/aromatic N) is 1. The number of carboxylic acids is 1. The number of hydrogen-bond donors (Lipinski definition) is 1. The quantitative estimate of drug-likeness (QED) is 0.659. The second-order valence-electron chi connectivity index (χ2n) is 3.39. The Hall–Kier alpha value is -0.610. The van der Waals surface area contributed by atoms with E-state index in [0.717, 1.165) is 13.1 Å². The average molecular weight is 173 g/mol. The zero-order chi connectivity index (χ0) is 9.14. The number of hydrogen-bond acceptors (Lipinski definition) is 3. The number of carbonyl (C=O) groups is 1. The summed E-state index contributed by atoms with van der Waals surface area (Å²) in [5.74, 6) is -0.766. The minimum Gasteiger partial charge on any atom is -0.480 e. The van der Waals surface area contributed by atoms with Gasteiger partial charge in [-0.1, -0.05) is 0 Å². The Morgan fingerprint density at radius 3 is 2.67 bits per heavy atom. The molecule has 1 saturated heterocycles. The average Bonchev–Trinajstić information content (AvgIpc) is 1.80. The molecule has 0 aromatic heterocycles. The van der Waals surface area contributed by atoms with Crippen LogP contribution < -0.4 is 0 Å². The summed E-state index contributed by atoms with van der Waals surface area (Å²) in [7, 11) is 0. The first kappa shape index (κ1) is 9.48. The molecule has 4 nitrogen and oxygen atoms in total. The van der Waals surface area contributed by atoms with E-state index in [0.29, 0.717) is 0 Å². The van der Waals surface area contributed by atoms with E-state index in [1.54, 1.807) is 0 Å². The summed E-state index contributed by atoms with van der Waals surface area (Å²) >= 11 is 0. The highest BCUT2D eigenvalue weighted by molar-refractivity contribution is 5.69. The van der Waals surface area contributed by atoms with Gasteiger partial charge in [0.25, 0.3) is 0 Å². The van der Waals surface area contributed by atoms with Crippen molar-refractivity contribution < 1.29 is 14.6 Å². The van der Waals surface area contributed by atoms with Gasteiger partial charge in [0.1, 0.15) is 0 Å². The molecule has 70 valence electrons. The number of carboxylic acid groups (broad SMARTS) is 1. The number of likely N-dealkylation sites (tertiary alicyclic amines) is 1. The van der Waals surface area contributed by atoms with Crippen molar-refractivity contribution in [2.75, 3.05) is 19.6 Å². The second kappa shape index (κ2) is 3.87. The Labute approximate surface area is 72.1 Å². The van der Waals surface area contributed by atoms with Crippen molar-refractivity contribution in [3.05, 3.63) is 0 Å². The van der Waals surface area contributed by atoms with Crippen molar-refractivity contribution in [2.45, 2.75) is 26.1 Å². The van der Waals surface area contributed by atoms with Gasteiger partial charge in [-0.15, -0.1) is 0 Å². The molecular weight excluding hydrogens is 158 g/mol. The van der Waals surface area contributed by atoms with Crippen LogP contribution in [0, 0.1) is 0 Å². The maximum atomic E-state index is 10.2. The van der Waals surface area contributed by atoms with Crippen molar-refractivity contribution in [2.24, 2.45) is 0 Å². The van der Waals surface area contributed by atoms with E-state index in [-0.39, 0.29) is 18.8 Å². The molecule has 0 aromatic carbocycles. The minimum absolute atomic E-state index is 0.137. The van der Waals surface area contributed by atoms with E-state index in [2.05, 4.69) is 0 Å². The predicted octanol–water partition coefficient (Wildman–Crippen LogP) is 0.180. The van der Waals surface area contributed by atoms with Crippen molar-refractivity contribution in [1.29, 1.82) is 0 Å². The van der Waals surface area contributed by atoms with Crippen LogP contribution in [0.1, 0.15) is 13.8 Å². The van der Waals surface area contributed by atoms with Crippen LogP contribution in [0.4, 0.5) is 0 Å². The van der Waals surface area contributed by atoms with Gasteiger partial charge >= 0.3 is 5.97 Å². The molecule has 0 radical (unpaired) electrons. The summed E-state index contributed by atoms with van der Waals surface area (Å²) in [6.07, 6.45) is 0.478. The molecule has 0 aromatic rings. The largest absolute Gasteiger partial charge is 0.480 e. The van der Waals surface area contributed by atoms with Crippen LogP contribution in [0.15, 0.2) is 0 Å². The lowest BCUT2D eigenvalue weighted by atomic mass is 10.1. The van der Waals surface area contributed by atoms with Crippen LogP contribution in [0.5, 0.6) is 0 Å². The molecule has 1 rings (SSSR count). The highest BCUT2D eigenvalue weighted by Gasteiger charge is 2.29. The lowest BCUT2D eigenvalue weighted by Crippen LogP contribution is -2.54. The lowest BCUT2D eigenvalue weighted by Gasteiger charge is -2.38. The summed E-state index contributed by atoms with van der Waals surface area (Å²) in [6.45, 7) is 5.62. The molecule has 1 N–H and O–H groups in total. The van der Waals surface area contributed by atoms with Crippen LogP contribution in [0.3, 0.4) is 0 Å². The molecule has 0 amide bonds. The van der Waals surface area contributed by atoms with Gasteiger partial charge in [-0.3, -0.25) is 9.69 Å². The third-order valence-corrected chi connectivity index (χ3v) is 1.75. The first-order valence-corrected chi connectivity index (χ1v) is 4.17. The zero-order valence-electron chi connectivity index (χ0n) is 7.49. The Balaban J connectivity index is 2.08. The van der Waals surface area contributed by atoms with Gasteiger partial charge in [0.15, 0.2) is 0 Å². The lowest BCUT2D eigenvalue weighted by molar-refractivity contribution is -0.143. The summed E-state index contributed by atoms with van der Waals surface area (Å²) in [5, 5.41) is 8.43. The number of ether oxygens (including phenoxy) is 1. The molecule has 0 atom stereocenters. The third kappa shape index (κ3) is 2.79. The van der Waals surface area contributed by atoms with Gasteiger partial charge in [0.05, 0.1) is 18.8 Å². The monoisotopic (exact) mass is 173 g/mol. The van der Waals surface area contributed by atoms with E-state index in [9.17, 15) is 4.79 Å². The molecule has 1 fully saturated rings. The third-order valence-electron chi connectivity index (χ3n) is 1.75. The summed E-state index contributed by atoms with van der Waals surface area (Å²) in [6, 6.07) is 0. The first-order valence-electron chi connectivity index (χ1n) is 4.17. The summed E-state index contributed by atoms with van der Waals surface area (Å²) < 4.78 is 5.46. The van der Waals surface area contributed by atoms with Crippen LogP contribution in [-0.2, 0) is 9.53 Å². The van der Waals surface area contributed by atoms with Crippen molar-refractivity contribution >= 4 is 5.97 Å². The van der Waals surface area contributed by atoms with Gasteiger partial charge < -0.3 is 9.84 Å². The molecule has 4 heteroatoms. The van der Waals surface area contributed by atoms with E-state index >= 15 is 0 Å². The Morgan fingerprint density at radius 1 is 1.67 bits per heavy atom. The van der Waals surface area contributed by atoms with E-state index in [1.165, 1.54) is 0 Å². The van der Waals surface area contributed by atoms with Gasteiger partial charge in [0.2, 0.25) is 0 Å². The number of rotatable bonds is 4. The smallest absolute Gasteiger partial charge is 0.317 e. The molecule has 12 heavy (non-hydrogen) atoms. The molecule has 0 saturated carbocycles. The predicted molar refractivity (Wildman–Crippen MR) is 44.1 cm³/mol. The maximum absolute atomic E-state index is 10.2. The molecule has 0 spiro atoms.